The van der Waals surface area contributed by atoms with E-state index in [1.54, 1.807) is 0 Å². The summed E-state index contributed by atoms with van der Waals surface area (Å²) in [6.07, 6.45) is 0. The van der Waals surface area contributed by atoms with Gasteiger partial charge < -0.3 is 9.13 Å². The maximum absolute atomic E-state index is 2.63. The first-order valence-electron chi connectivity index (χ1n) is 22.8. The Labute approximate surface area is 375 Å². The average Bonchev–Trinajstić information content (AvgIpc) is 3.82. The molecular weight excluding hydrogens is 770 g/mol. The molecule has 0 radical (unpaired) electrons. The Bertz CT molecular complexity index is 3750. The van der Waals surface area contributed by atoms with Crippen LogP contribution in [0, 0.1) is 41.5 Å². The first kappa shape index (κ1) is 37.3. The molecule has 4 heterocycles. The van der Waals surface area contributed by atoms with Crippen LogP contribution in [0.5, 0.6) is 0 Å². The van der Waals surface area contributed by atoms with Crippen molar-refractivity contribution in [2.75, 3.05) is 0 Å². The van der Waals surface area contributed by atoms with E-state index in [1.165, 1.54) is 143 Å². The van der Waals surface area contributed by atoms with Crippen LogP contribution < -0.4 is 32.8 Å². The Balaban J connectivity index is 1.21. The molecule has 0 spiro atoms. The third-order valence-electron chi connectivity index (χ3n) is 14.8. The second-order valence-corrected chi connectivity index (χ2v) is 18.8. The largest absolute Gasteiger partial charge is 0.310 e. The van der Waals surface area contributed by atoms with E-state index in [0.29, 0.717) is 0 Å². The minimum absolute atomic E-state index is 0.00402. The molecule has 0 aliphatic carbocycles. The molecule has 0 atom stereocenters. The van der Waals surface area contributed by atoms with Crippen molar-refractivity contribution < 1.29 is 0 Å². The fraction of sp³-hybridized carbons (Fsp3) is 0.100. The molecule has 13 rings (SSSR count). The fourth-order valence-corrected chi connectivity index (χ4v) is 12.5. The lowest BCUT2D eigenvalue weighted by atomic mass is 9.32. The highest BCUT2D eigenvalue weighted by Crippen LogP contribution is 2.39. The Morgan fingerprint density at radius 3 is 1.41 bits per heavy atom. The van der Waals surface area contributed by atoms with Gasteiger partial charge in [-0.3, -0.25) is 0 Å². The van der Waals surface area contributed by atoms with Gasteiger partial charge in [-0.05, 0) is 122 Å². The van der Waals surface area contributed by atoms with Gasteiger partial charge in [-0.2, -0.15) is 0 Å². The molecule has 9 aromatic carbocycles. The minimum atomic E-state index is 0.00402. The first-order chi connectivity index (χ1) is 31.2. The molecule has 0 unspecified atom stereocenters. The number of aromatic nitrogens is 2. The van der Waals surface area contributed by atoms with E-state index >= 15 is 0 Å². The van der Waals surface area contributed by atoms with E-state index in [4.69, 9.17) is 0 Å². The zero-order valence-electron chi connectivity index (χ0n) is 37.2. The summed E-state index contributed by atoms with van der Waals surface area (Å²) in [5.74, 6) is 0. The molecule has 2 aliphatic heterocycles. The summed E-state index contributed by atoms with van der Waals surface area (Å²) < 4.78 is 5.26. The summed E-state index contributed by atoms with van der Waals surface area (Å²) >= 11 is 0. The van der Waals surface area contributed by atoms with Gasteiger partial charge in [0, 0.05) is 44.0 Å². The molecule has 302 valence electrons. The Morgan fingerprint density at radius 2 is 0.797 bits per heavy atom. The molecule has 11 aromatic rings. The van der Waals surface area contributed by atoms with E-state index in [-0.39, 0.29) is 13.4 Å². The van der Waals surface area contributed by atoms with Crippen LogP contribution >= 0.6 is 0 Å². The van der Waals surface area contributed by atoms with E-state index in [1.807, 2.05) is 0 Å². The lowest BCUT2D eigenvalue weighted by molar-refractivity contribution is 1.16. The predicted molar refractivity (Wildman–Crippen MR) is 277 cm³/mol. The highest BCUT2D eigenvalue weighted by Gasteiger charge is 2.41. The number of aryl methyl sites for hydroxylation is 6. The lowest BCUT2D eigenvalue weighted by Gasteiger charge is -2.34. The number of hydrogen-bond acceptors (Lipinski definition) is 0. The van der Waals surface area contributed by atoms with Crippen LogP contribution in [0.3, 0.4) is 0 Å². The minimum Gasteiger partial charge on any atom is -0.310 e. The van der Waals surface area contributed by atoms with Gasteiger partial charge in [0.2, 0.25) is 13.4 Å². The Hall–Kier alpha value is -7.29. The molecular formula is C60H46B2N2. The number of nitrogens with zero attached hydrogens (tertiary/aromatic N) is 2. The molecule has 4 heteroatoms. The normalized spacial score (nSPS) is 12.8. The van der Waals surface area contributed by atoms with Crippen LogP contribution in [0.15, 0.2) is 170 Å². The highest BCUT2D eigenvalue weighted by atomic mass is 15.0. The number of rotatable bonds is 4. The molecule has 0 fully saturated rings. The molecule has 2 nitrogen and oxygen atoms in total. The number of fused-ring (bicyclic) bond motifs is 10. The molecule has 0 saturated carbocycles. The SMILES string of the molecule is Cc1cc(C)c(B2c3cc4c(cc3-n3c5ccc(-c6ccccc6)cc5c5cccc2c53)B(c2c(C)cc(C)cc2C)c2cc(-c3ccccc3)cc3c5ccccc5n-4c23)c(C)c1. The van der Waals surface area contributed by atoms with Crippen LogP contribution in [-0.4, -0.2) is 22.6 Å². The zero-order valence-corrected chi connectivity index (χ0v) is 37.2. The third-order valence-corrected chi connectivity index (χ3v) is 14.8. The van der Waals surface area contributed by atoms with Gasteiger partial charge in [-0.15, -0.1) is 0 Å². The molecule has 0 saturated heterocycles. The topological polar surface area (TPSA) is 9.86 Å². The van der Waals surface area contributed by atoms with Crippen molar-refractivity contribution in [3.8, 4) is 33.6 Å². The monoisotopic (exact) mass is 816 g/mol. The summed E-state index contributed by atoms with van der Waals surface area (Å²) in [6.45, 7) is 13.8. The smallest absolute Gasteiger partial charge is 0.247 e. The van der Waals surface area contributed by atoms with E-state index in [9.17, 15) is 0 Å². The molecule has 0 N–H and O–H groups in total. The summed E-state index contributed by atoms with van der Waals surface area (Å²) in [6, 6.07) is 64.9. The molecule has 0 amide bonds. The van der Waals surface area contributed by atoms with Crippen LogP contribution in [0.25, 0.3) is 77.2 Å². The van der Waals surface area contributed by atoms with Gasteiger partial charge in [-0.1, -0.05) is 178 Å². The second-order valence-electron chi connectivity index (χ2n) is 18.8. The average molecular weight is 817 g/mol. The van der Waals surface area contributed by atoms with Crippen molar-refractivity contribution in [2.24, 2.45) is 0 Å². The number of benzene rings is 9. The van der Waals surface area contributed by atoms with E-state index in [0.717, 1.165) is 0 Å². The van der Waals surface area contributed by atoms with Crippen LogP contribution in [0.1, 0.15) is 33.4 Å². The van der Waals surface area contributed by atoms with Crippen LogP contribution in [-0.2, 0) is 0 Å². The zero-order chi connectivity index (χ0) is 43.1. The van der Waals surface area contributed by atoms with E-state index < -0.39 is 0 Å². The summed E-state index contributed by atoms with van der Waals surface area (Å²) in [5.41, 5.74) is 28.9. The van der Waals surface area contributed by atoms with Gasteiger partial charge >= 0.3 is 0 Å². The van der Waals surface area contributed by atoms with Gasteiger partial charge in [-0.25, -0.2) is 0 Å². The molecule has 2 aliphatic rings. The van der Waals surface area contributed by atoms with Crippen molar-refractivity contribution in [3.63, 3.8) is 0 Å². The quantitative estimate of drug-likeness (QED) is 0.157. The van der Waals surface area contributed by atoms with Crippen molar-refractivity contribution in [1.82, 2.24) is 9.13 Å². The van der Waals surface area contributed by atoms with Gasteiger partial charge in [0.25, 0.3) is 0 Å². The first-order valence-corrected chi connectivity index (χ1v) is 22.8. The molecule has 2 aromatic heterocycles. The standard InChI is InChI=1S/C60H46B2N2/c1-35-26-37(3)57(38(4)27-35)61-49-22-15-21-46-47-30-43(41-16-9-7-10-17-41)24-25-54(47)64(59(46)49)55-34-51-56(33-50(55)61)63-53-23-14-13-20-45(53)48-31-44(42-18-11-8-12-19-42)32-52(60(48)63)62(51)58-39(5)28-36(2)29-40(58)6/h7-34H,1-6H3. The second kappa shape index (κ2) is 13.6. The van der Waals surface area contributed by atoms with Crippen molar-refractivity contribution in [1.29, 1.82) is 0 Å². The number of hydrogen-bond donors (Lipinski definition) is 0. The third kappa shape index (κ3) is 5.17. The predicted octanol–water partition coefficient (Wildman–Crippen LogP) is 10.7. The van der Waals surface area contributed by atoms with Crippen LogP contribution in [0.2, 0.25) is 0 Å². The van der Waals surface area contributed by atoms with Crippen molar-refractivity contribution >= 4 is 89.8 Å². The highest BCUT2D eigenvalue weighted by molar-refractivity contribution is 7.00. The van der Waals surface area contributed by atoms with Crippen molar-refractivity contribution in [2.45, 2.75) is 41.5 Å². The lowest BCUT2D eigenvalue weighted by Crippen LogP contribution is -2.61. The van der Waals surface area contributed by atoms with Gasteiger partial charge in [0.1, 0.15) is 0 Å². The van der Waals surface area contributed by atoms with Gasteiger partial charge in [0.05, 0.1) is 11.0 Å². The van der Waals surface area contributed by atoms with E-state index in [2.05, 4.69) is 221 Å². The number of para-hydroxylation sites is 2. The van der Waals surface area contributed by atoms with Crippen molar-refractivity contribution in [3.05, 3.63) is 203 Å². The van der Waals surface area contributed by atoms with Gasteiger partial charge in [0.15, 0.2) is 0 Å². The summed E-state index contributed by atoms with van der Waals surface area (Å²) in [7, 11) is 0. The Kier molecular flexibility index (Phi) is 7.92. The maximum atomic E-state index is 2.63. The maximum Gasteiger partial charge on any atom is 0.247 e. The van der Waals surface area contributed by atoms with Crippen LogP contribution in [0.4, 0.5) is 0 Å². The Morgan fingerprint density at radius 1 is 0.312 bits per heavy atom. The fourth-order valence-electron chi connectivity index (χ4n) is 12.5. The summed E-state index contributed by atoms with van der Waals surface area (Å²) in [4.78, 5) is 0. The molecule has 0 bridgehead atoms. The summed E-state index contributed by atoms with van der Waals surface area (Å²) in [5, 5.41) is 5.19. The molecule has 64 heavy (non-hydrogen) atoms.